The number of anilines is 3. The first-order chi connectivity index (χ1) is 25.6. The van der Waals surface area contributed by atoms with Crippen LogP contribution in [0, 0.1) is 0 Å². The highest BCUT2D eigenvalue weighted by Crippen LogP contribution is 2.55. The van der Waals surface area contributed by atoms with Gasteiger partial charge in [-0.05, 0) is 75.7 Å². The molecule has 3 nitrogen and oxygen atoms in total. The summed E-state index contributed by atoms with van der Waals surface area (Å²) in [5.41, 5.74) is 14.1. The average molecular weight is 668 g/mol. The van der Waals surface area contributed by atoms with E-state index in [1.165, 1.54) is 27.6 Å². The Hall–Kier alpha value is -6.58. The maximum absolute atomic E-state index is 6.67. The lowest BCUT2D eigenvalue weighted by molar-refractivity contribution is 0.660. The van der Waals surface area contributed by atoms with Crippen molar-refractivity contribution in [3.63, 3.8) is 0 Å². The summed E-state index contributed by atoms with van der Waals surface area (Å²) in [4.78, 5) is 2.45. The summed E-state index contributed by atoms with van der Waals surface area (Å²) in [6.07, 6.45) is 0. The van der Waals surface area contributed by atoms with E-state index in [1.807, 2.05) is 12.1 Å². The topological polar surface area (TPSA) is 29.5 Å². The number of rotatable bonds is 4. The quantitative estimate of drug-likeness (QED) is 0.187. The standard InChI is InChI=1S/C49H33NO2/c1-49(2)40-20-8-5-15-33(40)38-19-11-22-42(47(38)49)50(31-26-28-36-35-17-7-10-23-43(35)51-45(36)29-31)41-21-9-6-16-34(41)37-18-12-24-44-46(37)39-27-25-30-13-3-4-14-32(30)48(39)52-44/h3-29H,1-2H3. The molecule has 0 fully saturated rings. The van der Waals surface area contributed by atoms with E-state index < -0.39 is 0 Å². The van der Waals surface area contributed by atoms with E-state index >= 15 is 0 Å². The van der Waals surface area contributed by atoms with Crippen LogP contribution in [0.2, 0.25) is 0 Å². The molecule has 0 saturated carbocycles. The third-order valence-electron chi connectivity index (χ3n) is 11.2. The molecule has 0 aliphatic heterocycles. The second-order valence-corrected chi connectivity index (χ2v) is 14.4. The van der Waals surface area contributed by atoms with Gasteiger partial charge in [0, 0.05) is 49.7 Å². The second-order valence-electron chi connectivity index (χ2n) is 14.4. The number of para-hydroxylation sites is 2. The van der Waals surface area contributed by atoms with E-state index in [2.05, 4.69) is 170 Å². The van der Waals surface area contributed by atoms with Crippen LogP contribution < -0.4 is 4.90 Å². The van der Waals surface area contributed by atoms with Gasteiger partial charge in [-0.1, -0.05) is 129 Å². The van der Waals surface area contributed by atoms with Gasteiger partial charge in [-0.3, -0.25) is 0 Å². The molecule has 3 heteroatoms. The molecule has 0 saturated heterocycles. The molecule has 0 radical (unpaired) electrons. The molecule has 8 aromatic carbocycles. The van der Waals surface area contributed by atoms with Crippen LogP contribution in [0.5, 0.6) is 0 Å². The second kappa shape index (κ2) is 10.7. The summed E-state index contributed by atoms with van der Waals surface area (Å²) >= 11 is 0. The summed E-state index contributed by atoms with van der Waals surface area (Å²) in [6, 6.07) is 58.7. The normalized spacial score (nSPS) is 13.3. The summed E-state index contributed by atoms with van der Waals surface area (Å²) < 4.78 is 13.2. The maximum Gasteiger partial charge on any atom is 0.143 e. The fourth-order valence-electron chi connectivity index (χ4n) is 8.94. The molecule has 2 heterocycles. The molecule has 0 unspecified atom stereocenters. The molecule has 2 aromatic heterocycles. The van der Waals surface area contributed by atoms with Crippen molar-refractivity contribution in [3.8, 4) is 22.3 Å². The Bertz CT molecular complexity index is 3070. The van der Waals surface area contributed by atoms with E-state index in [1.54, 1.807) is 0 Å². The van der Waals surface area contributed by atoms with Gasteiger partial charge < -0.3 is 13.7 Å². The summed E-state index contributed by atoms with van der Waals surface area (Å²) in [5.74, 6) is 0. The van der Waals surface area contributed by atoms with Crippen LogP contribution in [-0.4, -0.2) is 0 Å². The molecule has 52 heavy (non-hydrogen) atoms. The largest absolute Gasteiger partial charge is 0.456 e. The molecule has 0 atom stereocenters. The minimum Gasteiger partial charge on any atom is -0.456 e. The van der Waals surface area contributed by atoms with Crippen molar-refractivity contribution < 1.29 is 8.83 Å². The zero-order chi connectivity index (χ0) is 34.6. The van der Waals surface area contributed by atoms with Crippen LogP contribution in [-0.2, 0) is 5.41 Å². The minimum atomic E-state index is -0.221. The van der Waals surface area contributed by atoms with Gasteiger partial charge in [0.05, 0.1) is 11.4 Å². The smallest absolute Gasteiger partial charge is 0.143 e. The zero-order valence-electron chi connectivity index (χ0n) is 28.9. The van der Waals surface area contributed by atoms with E-state index in [-0.39, 0.29) is 5.41 Å². The van der Waals surface area contributed by atoms with Crippen molar-refractivity contribution >= 4 is 71.7 Å². The number of benzene rings is 8. The van der Waals surface area contributed by atoms with Gasteiger partial charge in [0.1, 0.15) is 22.3 Å². The molecule has 246 valence electrons. The van der Waals surface area contributed by atoms with Crippen LogP contribution in [0.1, 0.15) is 25.0 Å². The van der Waals surface area contributed by atoms with Crippen molar-refractivity contribution in [2.45, 2.75) is 19.3 Å². The molecule has 1 aliphatic carbocycles. The van der Waals surface area contributed by atoms with Crippen molar-refractivity contribution in [1.82, 2.24) is 0 Å². The van der Waals surface area contributed by atoms with Crippen LogP contribution in [0.15, 0.2) is 173 Å². The molecule has 0 bridgehead atoms. The van der Waals surface area contributed by atoms with Crippen LogP contribution in [0.3, 0.4) is 0 Å². The SMILES string of the molecule is CC1(C)c2ccccc2-c2cccc(N(c3ccc4c(c3)oc3ccccc34)c3ccccc3-c3cccc4oc5c6ccccc6ccc5c34)c21. The van der Waals surface area contributed by atoms with Gasteiger partial charge in [-0.2, -0.15) is 0 Å². The molecule has 0 N–H and O–H groups in total. The fourth-order valence-corrected chi connectivity index (χ4v) is 8.94. The lowest BCUT2D eigenvalue weighted by atomic mass is 9.81. The van der Waals surface area contributed by atoms with Crippen molar-refractivity contribution in [1.29, 1.82) is 0 Å². The minimum absolute atomic E-state index is 0.221. The Balaban J connectivity index is 1.21. The number of hydrogen-bond acceptors (Lipinski definition) is 3. The Kier molecular flexibility index (Phi) is 6.01. The number of furan rings is 2. The maximum atomic E-state index is 6.67. The molecular weight excluding hydrogens is 635 g/mol. The molecule has 11 rings (SSSR count). The summed E-state index contributed by atoms with van der Waals surface area (Å²) in [5, 5.41) is 6.77. The third kappa shape index (κ3) is 4.02. The molecule has 0 amide bonds. The predicted octanol–water partition coefficient (Wildman–Crippen LogP) is 14.1. The fraction of sp³-hybridized carbons (Fsp3) is 0.0612. The van der Waals surface area contributed by atoms with Crippen LogP contribution >= 0.6 is 0 Å². The lowest BCUT2D eigenvalue weighted by Gasteiger charge is -2.33. The number of hydrogen-bond donors (Lipinski definition) is 0. The van der Waals surface area contributed by atoms with Crippen LogP contribution in [0.4, 0.5) is 17.1 Å². The van der Waals surface area contributed by atoms with Crippen molar-refractivity contribution in [2.24, 2.45) is 0 Å². The highest BCUT2D eigenvalue weighted by Gasteiger charge is 2.39. The van der Waals surface area contributed by atoms with Gasteiger partial charge in [0.15, 0.2) is 0 Å². The molecule has 0 spiro atoms. The Labute approximate surface area is 301 Å². The van der Waals surface area contributed by atoms with Gasteiger partial charge in [0.25, 0.3) is 0 Å². The summed E-state index contributed by atoms with van der Waals surface area (Å²) in [7, 11) is 0. The van der Waals surface area contributed by atoms with Crippen LogP contribution in [0.25, 0.3) is 76.9 Å². The van der Waals surface area contributed by atoms with E-state index in [0.717, 1.165) is 77.5 Å². The van der Waals surface area contributed by atoms with Gasteiger partial charge in [0.2, 0.25) is 0 Å². The molecular formula is C49H33NO2. The van der Waals surface area contributed by atoms with Crippen molar-refractivity contribution in [3.05, 3.63) is 175 Å². The predicted molar refractivity (Wildman–Crippen MR) is 216 cm³/mol. The highest BCUT2D eigenvalue weighted by molar-refractivity contribution is 6.20. The third-order valence-corrected chi connectivity index (χ3v) is 11.2. The van der Waals surface area contributed by atoms with Gasteiger partial charge >= 0.3 is 0 Å². The molecule has 10 aromatic rings. The summed E-state index contributed by atoms with van der Waals surface area (Å²) in [6.45, 7) is 4.72. The highest BCUT2D eigenvalue weighted by atomic mass is 16.3. The lowest BCUT2D eigenvalue weighted by Crippen LogP contribution is -2.21. The first-order valence-electron chi connectivity index (χ1n) is 17.9. The zero-order valence-corrected chi connectivity index (χ0v) is 28.9. The Morgan fingerprint density at radius 1 is 0.442 bits per heavy atom. The first kappa shape index (κ1) is 29.2. The van der Waals surface area contributed by atoms with E-state index in [4.69, 9.17) is 8.83 Å². The average Bonchev–Trinajstić information content (AvgIpc) is 3.83. The number of nitrogens with zero attached hydrogens (tertiary/aromatic N) is 1. The Morgan fingerprint density at radius 3 is 2.02 bits per heavy atom. The number of fused-ring (bicyclic) bond motifs is 11. The van der Waals surface area contributed by atoms with Gasteiger partial charge in [-0.25, -0.2) is 0 Å². The monoisotopic (exact) mass is 667 g/mol. The van der Waals surface area contributed by atoms with Crippen molar-refractivity contribution in [2.75, 3.05) is 4.90 Å². The van der Waals surface area contributed by atoms with E-state index in [9.17, 15) is 0 Å². The Morgan fingerprint density at radius 2 is 1.10 bits per heavy atom. The van der Waals surface area contributed by atoms with Gasteiger partial charge in [-0.15, -0.1) is 0 Å². The first-order valence-corrected chi connectivity index (χ1v) is 17.9. The van der Waals surface area contributed by atoms with E-state index in [0.29, 0.717) is 0 Å². The molecule has 1 aliphatic rings.